The molecule has 1 aliphatic rings. The maximum Gasteiger partial charge on any atom is 0.356 e. The number of nitrogens with zero attached hydrogens (tertiary/aromatic N) is 2. The summed E-state index contributed by atoms with van der Waals surface area (Å²) in [5.74, 6) is -0.641. The highest BCUT2D eigenvalue weighted by Crippen LogP contribution is 2.18. The standard InChI is InChI=1S/C11H14N4O3/c16-10(15-7-1-2-7)3-4-12-9-6-13-8(5-14-9)11(17)18/h5-7H,1-4H2,(H,12,14)(H,15,16)(H,17,18). The van der Waals surface area contributed by atoms with Crippen LogP contribution in [0.1, 0.15) is 29.8 Å². The van der Waals surface area contributed by atoms with E-state index in [1.165, 1.54) is 12.4 Å². The summed E-state index contributed by atoms with van der Waals surface area (Å²) in [4.78, 5) is 29.5. The largest absolute Gasteiger partial charge is 0.476 e. The molecule has 18 heavy (non-hydrogen) atoms. The highest BCUT2D eigenvalue weighted by molar-refractivity contribution is 5.84. The SMILES string of the molecule is O=C(CCNc1cnc(C(=O)O)cn1)NC1CC1. The Labute approximate surface area is 104 Å². The fourth-order valence-corrected chi connectivity index (χ4v) is 1.36. The van der Waals surface area contributed by atoms with Crippen molar-refractivity contribution < 1.29 is 14.7 Å². The second kappa shape index (κ2) is 5.44. The van der Waals surface area contributed by atoms with Gasteiger partial charge in [0.05, 0.1) is 12.4 Å². The number of carboxylic acids is 1. The number of hydrogen-bond donors (Lipinski definition) is 3. The molecule has 7 nitrogen and oxygen atoms in total. The third-order valence-corrected chi connectivity index (χ3v) is 2.47. The Bertz CT molecular complexity index is 442. The molecule has 1 aliphatic carbocycles. The first-order chi connectivity index (χ1) is 8.65. The number of carbonyl (C=O) groups is 2. The molecule has 0 spiro atoms. The van der Waals surface area contributed by atoms with Crippen LogP contribution < -0.4 is 10.6 Å². The minimum atomic E-state index is -1.11. The van der Waals surface area contributed by atoms with Crippen LogP contribution in [0, 0.1) is 0 Å². The molecule has 1 saturated carbocycles. The van der Waals surface area contributed by atoms with E-state index in [2.05, 4.69) is 20.6 Å². The molecule has 0 saturated heterocycles. The fourth-order valence-electron chi connectivity index (χ4n) is 1.36. The summed E-state index contributed by atoms with van der Waals surface area (Å²) in [5, 5.41) is 14.4. The molecule has 1 aromatic heterocycles. The van der Waals surface area contributed by atoms with Gasteiger partial charge in [-0.15, -0.1) is 0 Å². The van der Waals surface area contributed by atoms with E-state index < -0.39 is 5.97 Å². The van der Waals surface area contributed by atoms with Crippen molar-refractivity contribution in [2.24, 2.45) is 0 Å². The van der Waals surface area contributed by atoms with Gasteiger partial charge in [0.25, 0.3) is 0 Å². The predicted molar refractivity (Wildman–Crippen MR) is 63.3 cm³/mol. The van der Waals surface area contributed by atoms with Crippen LogP contribution in [-0.4, -0.2) is 39.5 Å². The van der Waals surface area contributed by atoms with Crippen LogP contribution in [0.2, 0.25) is 0 Å². The molecular weight excluding hydrogens is 236 g/mol. The van der Waals surface area contributed by atoms with Crippen LogP contribution in [0.15, 0.2) is 12.4 Å². The average molecular weight is 250 g/mol. The molecule has 3 N–H and O–H groups in total. The molecule has 0 aliphatic heterocycles. The Hall–Kier alpha value is -2.18. The highest BCUT2D eigenvalue weighted by Gasteiger charge is 2.22. The van der Waals surface area contributed by atoms with E-state index in [9.17, 15) is 9.59 Å². The van der Waals surface area contributed by atoms with Gasteiger partial charge >= 0.3 is 5.97 Å². The van der Waals surface area contributed by atoms with Crippen LogP contribution in [0.3, 0.4) is 0 Å². The van der Waals surface area contributed by atoms with E-state index in [-0.39, 0.29) is 11.6 Å². The van der Waals surface area contributed by atoms with Crippen LogP contribution in [0.4, 0.5) is 5.82 Å². The molecule has 96 valence electrons. The Kier molecular flexibility index (Phi) is 3.71. The van der Waals surface area contributed by atoms with Gasteiger partial charge in [-0.3, -0.25) is 4.79 Å². The fraction of sp³-hybridized carbons (Fsp3) is 0.455. The number of nitrogens with one attached hydrogen (secondary N) is 2. The Morgan fingerprint density at radius 3 is 2.67 bits per heavy atom. The molecule has 0 aromatic carbocycles. The van der Waals surface area contributed by atoms with Crippen LogP contribution >= 0.6 is 0 Å². The van der Waals surface area contributed by atoms with E-state index in [1.807, 2.05) is 0 Å². The van der Waals surface area contributed by atoms with Crippen molar-refractivity contribution >= 4 is 17.7 Å². The summed E-state index contributed by atoms with van der Waals surface area (Å²) in [5.41, 5.74) is -0.105. The molecule has 0 atom stereocenters. The first-order valence-corrected chi connectivity index (χ1v) is 5.74. The van der Waals surface area contributed by atoms with Crippen LogP contribution in [0.5, 0.6) is 0 Å². The zero-order valence-electron chi connectivity index (χ0n) is 9.72. The zero-order valence-corrected chi connectivity index (χ0v) is 9.72. The summed E-state index contributed by atoms with van der Waals surface area (Å²) in [6.07, 6.45) is 5.01. The van der Waals surface area contributed by atoms with Crippen molar-refractivity contribution in [2.45, 2.75) is 25.3 Å². The second-order valence-corrected chi connectivity index (χ2v) is 4.11. The van der Waals surface area contributed by atoms with Gasteiger partial charge in [0.1, 0.15) is 5.82 Å². The van der Waals surface area contributed by atoms with E-state index in [1.54, 1.807) is 0 Å². The number of amides is 1. The van der Waals surface area contributed by atoms with E-state index in [0.717, 1.165) is 12.8 Å². The number of anilines is 1. The van der Waals surface area contributed by atoms with Crippen molar-refractivity contribution in [3.05, 3.63) is 18.1 Å². The first-order valence-electron chi connectivity index (χ1n) is 5.74. The lowest BCUT2D eigenvalue weighted by Crippen LogP contribution is -2.27. The molecule has 7 heteroatoms. The number of hydrogen-bond acceptors (Lipinski definition) is 5. The topological polar surface area (TPSA) is 104 Å². The van der Waals surface area contributed by atoms with Gasteiger partial charge in [-0.1, -0.05) is 0 Å². The minimum absolute atomic E-state index is 0.0140. The smallest absolute Gasteiger partial charge is 0.356 e. The molecule has 1 amide bonds. The number of aromatic carboxylic acids is 1. The Morgan fingerprint density at radius 1 is 1.33 bits per heavy atom. The third kappa shape index (κ3) is 3.69. The van der Waals surface area contributed by atoms with E-state index in [4.69, 9.17) is 5.11 Å². The zero-order chi connectivity index (χ0) is 13.0. The Morgan fingerprint density at radius 2 is 2.11 bits per heavy atom. The Balaban J connectivity index is 1.72. The highest BCUT2D eigenvalue weighted by atomic mass is 16.4. The average Bonchev–Trinajstić information content (AvgIpc) is 3.13. The van der Waals surface area contributed by atoms with Gasteiger partial charge in [-0.25, -0.2) is 14.8 Å². The lowest BCUT2D eigenvalue weighted by molar-refractivity contribution is -0.120. The monoisotopic (exact) mass is 250 g/mol. The molecule has 1 heterocycles. The molecule has 1 aromatic rings. The van der Waals surface area contributed by atoms with E-state index >= 15 is 0 Å². The first kappa shape index (κ1) is 12.3. The number of aromatic nitrogens is 2. The summed E-state index contributed by atoms with van der Waals surface area (Å²) >= 11 is 0. The normalized spacial score (nSPS) is 14.0. The number of carbonyl (C=O) groups excluding carboxylic acids is 1. The summed E-state index contributed by atoms with van der Waals surface area (Å²) in [6, 6.07) is 0.368. The molecule has 2 rings (SSSR count). The summed E-state index contributed by atoms with van der Waals surface area (Å²) in [7, 11) is 0. The second-order valence-electron chi connectivity index (χ2n) is 4.11. The molecule has 1 fully saturated rings. The van der Waals surface area contributed by atoms with Crippen LogP contribution in [0.25, 0.3) is 0 Å². The van der Waals surface area contributed by atoms with E-state index in [0.29, 0.717) is 24.8 Å². The van der Waals surface area contributed by atoms with Gasteiger partial charge in [0, 0.05) is 19.0 Å². The van der Waals surface area contributed by atoms with Gasteiger partial charge in [0.2, 0.25) is 5.91 Å². The molecule has 0 radical (unpaired) electrons. The quantitative estimate of drug-likeness (QED) is 0.668. The molecule has 0 bridgehead atoms. The number of carboxylic acid groups (broad SMARTS) is 1. The number of rotatable bonds is 6. The summed E-state index contributed by atoms with van der Waals surface area (Å²) < 4.78 is 0. The predicted octanol–water partition coefficient (Wildman–Crippen LogP) is 0.255. The van der Waals surface area contributed by atoms with Gasteiger partial charge in [-0.05, 0) is 12.8 Å². The van der Waals surface area contributed by atoms with Crippen molar-refractivity contribution in [3.8, 4) is 0 Å². The van der Waals surface area contributed by atoms with Gasteiger partial charge in [-0.2, -0.15) is 0 Å². The van der Waals surface area contributed by atoms with Crippen molar-refractivity contribution in [3.63, 3.8) is 0 Å². The van der Waals surface area contributed by atoms with Crippen molar-refractivity contribution in [1.29, 1.82) is 0 Å². The van der Waals surface area contributed by atoms with Gasteiger partial charge in [0.15, 0.2) is 5.69 Å². The van der Waals surface area contributed by atoms with Crippen LogP contribution in [-0.2, 0) is 4.79 Å². The third-order valence-electron chi connectivity index (χ3n) is 2.47. The lowest BCUT2D eigenvalue weighted by Gasteiger charge is -2.05. The van der Waals surface area contributed by atoms with Gasteiger partial charge < -0.3 is 15.7 Å². The van der Waals surface area contributed by atoms with Crippen molar-refractivity contribution in [1.82, 2.24) is 15.3 Å². The maximum atomic E-state index is 11.4. The minimum Gasteiger partial charge on any atom is -0.476 e. The maximum absolute atomic E-state index is 11.4. The van der Waals surface area contributed by atoms with Crippen molar-refractivity contribution in [2.75, 3.05) is 11.9 Å². The molecular formula is C11H14N4O3. The molecule has 0 unspecified atom stereocenters. The summed E-state index contributed by atoms with van der Waals surface area (Å²) in [6.45, 7) is 0.444. The lowest BCUT2D eigenvalue weighted by atomic mass is 10.4.